The number of nitrogens with zero attached hydrogens (tertiary/aromatic N) is 5. The first-order chi connectivity index (χ1) is 22.8. The average Bonchev–Trinajstić information content (AvgIpc) is 3.50. The van der Waals surface area contributed by atoms with E-state index in [4.69, 9.17) is 15.0 Å². The van der Waals surface area contributed by atoms with Gasteiger partial charge in [0.1, 0.15) is 11.5 Å². The Bertz CT molecular complexity index is 1520. The third-order valence-corrected chi connectivity index (χ3v) is 7.23. The van der Waals surface area contributed by atoms with E-state index in [0.29, 0.717) is 56.1 Å². The Balaban J connectivity index is 0.000000900. The number of carboxylic acid groups (broad SMARTS) is 1. The van der Waals surface area contributed by atoms with Crippen LogP contribution in [0.5, 0.6) is 11.5 Å². The van der Waals surface area contributed by atoms with Crippen LogP contribution in [0.4, 0.5) is 4.39 Å². The zero-order valence-corrected chi connectivity index (χ0v) is 27.5. The number of amides is 3. The van der Waals surface area contributed by atoms with Crippen LogP contribution in [0.15, 0.2) is 36.4 Å². The predicted octanol–water partition coefficient (Wildman–Crippen LogP) is 1.78. The Labute approximate surface area is 277 Å². The first-order valence-electron chi connectivity index (χ1n) is 15.4. The summed E-state index contributed by atoms with van der Waals surface area (Å²) in [5.74, 6) is -1.78. The van der Waals surface area contributed by atoms with E-state index in [1.54, 1.807) is 24.5 Å². The third-order valence-electron chi connectivity index (χ3n) is 7.23. The van der Waals surface area contributed by atoms with Gasteiger partial charge in [0.05, 0.1) is 12.2 Å². The number of halogens is 1. The number of hydrogen-bond acceptors (Lipinski definition) is 10. The summed E-state index contributed by atoms with van der Waals surface area (Å²) in [6.07, 6.45) is -1.41. The number of aromatic hydroxyl groups is 2. The summed E-state index contributed by atoms with van der Waals surface area (Å²) < 4.78 is 15.1. The molecule has 262 valence electrons. The normalized spacial score (nSPS) is 13.4. The van der Waals surface area contributed by atoms with Crippen molar-refractivity contribution in [1.29, 1.82) is 0 Å². The lowest BCUT2D eigenvalue weighted by Gasteiger charge is -2.35. The van der Waals surface area contributed by atoms with Crippen LogP contribution < -0.4 is 11.1 Å². The summed E-state index contributed by atoms with van der Waals surface area (Å²) in [5.41, 5.74) is 6.72. The molecule has 1 aliphatic heterocycles. The van der Waals surface area contributed by atoms with Crippen LogP contribution in [0, 0.1) is 0 Å². The number of nitrogens with two attached hydrogens (primary N) is 1. The molecule has 0 bridgehead atoms. The molecule has 0 aliphatic carbocycles. The molecule has 15 nitrogen and oxygen atoms in total. The molecule has 16 heteroatoms. The molecular weight excluding hydrogens is 629 g/mol. The fourth-order valence-corrected chi connectivity index (χ4v) is 4.74. The minimum atomic E-state index is -1.88. The van der Waals surface area contributed by atoms with Gasteiger partial charge in [-0.2, -0.15) is 0 Å². The molecule has 48 heavy (non-hydrogen) atoms. The molecule has 4 rings (SSSR count). The Morgan fingerprint density at radius 1 is 1.02 bits per heavy atom. The van der Waals surface area contributed by atoms with Crippen molar-refractivity contribution in [3.8, 4) is 28.6 Å². The van der Waals surface area contributed by atoms with Crippen LogP contribution in [0.2, 0.25) is 0 Å². The number of carboxylic acids is 1. The Hall–Kier alpha value is -5.09. The molecular formula is C32H44FN7O8. The van der Waals surface area contributed by atoms with Crippen molar-refractivity contribution in [2.24, 2.45) is 5.73 Å². The maximum atomic E-state index is 13.5. The molecule has 1 unspecified atom stereocenters. The van der Waals surface area contributed by atoms with Gasteiger partial charge in [-0.25, -0.2) is 4.39 Å². The highest BCUT2D eigenvalue weighted by Gasteiger charge is 2.27. The number of phenolic OH excluding ortho intramolecular Hbond substituents is 2. The number of primary amides is 1. The number of aromatic nitrogens is 3. The van der Waals surface area contributed by atoms with Gasteiger partial charge in [-0.1, -0.05) is 32.9 Å². The van der Waals surface area contributed by atoms with Gasteiger partial charge in [-0.05, 0) is 42.2 Å². The van der Waals surface area contributed by atoms with E-state index in [0.717, 1.165) is 5.56 Å². The molecule has 3 aromatic rings. The van der Waals surface area contributed by atoms with E-state index in [2.05, 4.69) is 26.1 Å². The summed E-state index contributed by atoms with van der Waals surface area (Å²) in [6.45, 7) is 9.33. The second-order valence-electron chi connectivity index (χ2n) is 10.9. The number of aliphatic hydroxyl groups excluding tert-OH is 1. The molecule has 0 radical (unpaired) electrons. The average molecular weight is 674 g/mol. The topological polar surface area (TPSA) is 224 Å². The van der Waals surface area contributed by atoms with E-state index in [1.807, 2.05) is 38.1 Å². The SMILES string of the molecule is CCC(=O)O.CCNC(=O)c1nnc(-c2cc(C(C)C)c(O)cc2O)n1-c1ccc(CN2CCN(C(=O)C(F)CO)CC2)cc1.NC=O. The Morgan fingerprint density at radius 2 is 1.60 bits per heavy atom. The van der Waals surface area contributed by atoms with Crippen molar-refractivity contribution >= 4 is 24.2 Å². The van der Waals surface area contributed by atoms with E-state index in [1.165, 1.54) is 11.0 Å². The quantitative estimate of drug-likeness (QED) is 0.170. The van der Waals surface area contributed by atoms with Gasteiger partial charge in [0.25, 0.3) is 11.8 Å². The van der Waals surface area contributed by atoms with Gasteiger partial charge in [0.2, 0.25) is 18.4 Å². The monoisotopic (exact) mass is 673 g/mol. The summed E-state index contributed by atoms with van der Waals surface area (Å²) in [7, 11) is 0. The highest BCUT2D eigenvalue weighted by Crippen LogP contribution is 2.38. The number of aliphatic hydroxyl groups is 1. The fraction of sp³-hybridized carbons (Fsp3) is 0.438. The molecule has 0 saturated carbocycles. The van der Waals surface area contributed by atoms with E-state index in [-0.39, 0.29) is 41.9 Å². The molecule has 2 aromatic carbocycles. The van der Waals surface area contributed by atoms with E-state index < -0.39 is 30.6 Å². The van der Waals surface area contributed by atoms with Crippen LogP contribution in [0.3, 0.4) is 0 Å². The van der Waals surface area contributed by atoms with Crippen molar-refractivity contribution < 1.29 is 44.0 Å². The molecule has 1 aromatic heterocycles. The number of aliphatic carboxylic acids is 1. The number of carbonyl (C=O) groups is 4. The van der Waals surface area contributed by atoms with Gasteiger partial charge in [-0.15, -0.1) is 10.2 Å². The van der Waals surface area contributed by atoms with Crippen molar-refractivity contribution in [3.05, 3.63) is 53.3 Å². The smallest absolute Gasteiger partial charge is 0.303 e. The van der Waals surface area contributed by atoms with Crippen LogP contribution in [-0.2, 0) is 20.9 Å². The number of hydrogen-bond donors (Lipinski definition) is 6. The van der Waals surface area contributed by atoms with Crippen LogP contribution in [0.1, 0.15) is 61.8 Å². The highest BCUT2D eigenvalue weighted by atomic mass is 19.1. The number of nitrogens with one attached hydrogen (secondary N) is 1. The van der Waals surface area contributed by atoms with Crippen LogP contribution in [-0.4, -0.2) is 115 Å². The lowest BCUT2D eigenvalue weighted by atomic mass is 9.98. The van der Waals surface area contributed by atoms with Gasteiger partial charge in [0, 0.05) is 57.4 Å². The molecule has 1 atom stereocenters. The molecule has 1 saturated heterocycles. The molecule has 1 aliphatic rings. The number of benzene rings is 2. The molecule has 0 spiro atoms. The second-order valence-corrected chi connectivity index (χ2v) is 10.9. The van der Waals surface area contributed by atoms with Crippen molar-refractivity contribution in [2.45, 2.75) is 52.8 Å². The van der Waals surface area contributed by atoms with E-state index in [9.17, 15) is 29.0 Å². The Kier molecular flexibility index (Phi) is 15.4. The van der Waals surface area contributed by atoms with Crippen LogP contribution >= 0.6 is 0 Å². The number of piperazine rings is 1. The van der Waals surface area contributed by atoms with Crippen molar-refractivity contribution in [3.63, 3.8) is 0 Å². The van der Waals surface area contributed by atoms with Crippen molar-refractivity contribution in [2.75, 3.05) is 39.3 Å². The summed E-state index contributed by atoms with van der Waals surface area (Å²) >= 11 is 0. The molecule has 2 heterocycles. The first-order valence-corrected chi connectivity index (χ1v) is 15.4. The lowest BCUT2D eigenvalue weighted by Crippen LogP contribution is -2.50. The zero-order valence-electron chi connectivity index (χ0n) is 27.5. The third kappa shape index (κ3) is 10.5. The van der Waals surface area contributed by atoms with Gasteiger partial charge >= 0.3 is 5.97 Å². The van der Waals surface area contributed by atoms with E-state index >= 15 is 0 Å². The zero-order chi connectivity index (χ0) is 36.0. The maximum Gasteiger partial charge on any atom is 0.303 e. The standard InChI is InChI=1S/C28H35FN6O5.C3H6O2.CH3NO/c1-4-30-27(39)26-32-31-25(21-13-20(17(2)3)23(37)14-24(21)38)35(26)19-7-5-18(6-8-19)15-33-9-11-34(12-10-33)28(40)22(29)16-36;1-2-3(4)5;2-1-3/h5-8,13-14,17,22,36-38H,4,9-12,15-16H2,1-3H3,(H,30,39);2H2,1H3,(H,4,5);1H,(H2,2,3). The largest absolute Gasteiger partial charge is 0.508 e. The van der Waals surface area contributed by atoms with Crippen LogP contribution in [0.25, 0.3) is 17.1 Å². The Morgan fingerprint density at radius 3 is 2.10 bits per heavy atom. The van der Waals surface area contributed by atoms with Gasteiger partial charge in [0.15, 0.2) is 5.82 Å². The maximum absolute atomic E-state index is 13.5. The summed E-state index contributed by atoms with van der Waals surface area (Å²) in [4.78, 5) is 46.4. The molecule has 1 fully saturated rings. The predicted molar refractivity (Wildman–Crippen MR) is 174 cm³/mol. The van der Waals surface area contributed by atoms with Gasteiger partial charge < -0.3 is 36.4 Å². The number of alkyl halides is 1. The molecule has 3 amide bonds. The number of phenols is 2. The minimum absolute atomic E-state index is 0.0223. The first kappa shape index (κ1) is 39.1. The highest BCUT2D eigenvalue weighted by molar-refractivity contribution is 5.92. The lowest BCUT2D eigenvalue weighted by molar-refractivity contribution is -0.140. The summed E-state index contributed by atoms with van der Waals surface area (Å²) in [5, 5.41) is 48.7. The summed E-state index contributed by atoms with van der Waals surface area (Å²) in [6, 6.07) is 10.4. The number of rotatable bonds is 10. The van der Waals surface area contributed by atoms with Gasteiger partial charge in [-0.3, -0.25) is 28.6 Å². The second kappa shape index (κ2) is 18.9. The van der Waals surface area contributed by atoms with Crippen molar-refractivity contribution in [1.82, 2.24) is 29.9 Å². The minimum Gasteiger partial charge on any atom is -0.508 e. The number of carbonyl (C=O) groups excluding carboxylic acids is 3. The fourth-order valence-electron chi connectivity index (χ4n) is 4.74. The molecule has 7 N–H and O–H groups in total.